The molecule has 0 bridgehead atoms. The summed E-state index contributed by atoms with van der Waals surface area (Å²) in [4.78, 5) is 22.8. The molecule has 1 amide bonds. The third-order valence-electron chi connectivity index (χ3n) is 4.42. The first-order valence-corrected chi connectivity index (χ1v) is 8.87. The number of nitrogens with zero attached hydrogens (tertiary/aromatic N) is 1. The molecule has 0 fully saturated rings. The molecule has 0 spiro atoms. The average molecular weight is 356 g/mol. The van der Waals surface area contributed by atoms with Gasteiger partial charge < -0.3 is 10.6 Å². The number of benzene rings is 2. The molecule has 0 aliphatic rings. The molecular formula is C20H26N3O3+. The fourth-order valence-corrected chi connectivity index (χ4v) is 2.94. The summed E-state index contributed by atoms with van der Waals surface area (Å²) in [6.07, 6.45) is 0.995. The van der Waals surface area contributed by atoms with E-state index in [1.807, 2.05) is 5.32 Å². The second kappa shape index (κ2) is 9.10. The highest BCUT2D eigenvalue weighted by molar-refractivity contribution is 5.93. The van der Waals surface area contributed by atoms with Crippen LogP contribution in [0.15, 0.2) is 48.5 Å². The molecule has 6 nitrogen and oxygen atoms in total. The number of nitrogens with two attached hydrogens (primary N) is 1. The summed E-state index contributed by atoms with van der Waals surface area (Å²) in [5.74, 6) is 0.0940. The first-order valence-electron chi connectivity index (χ1n) is 8.87. The topological polar surface area (TPSA) is 88.8 Å². The van der Waals surface area contributed by atoms with Crippen molar-refractivity contribution in [2.75, 3.05) is 11.9 Å². The third-order valence-corrected chi connectivity index (χ3v) is 4.42. The quantitative estimate of drug-likeness (QED) is 0.563. The number of nitro benzene ring substituents is 1. The monoisotopic (exact) mass is 356 g/mol. The highest BCUT2D eigenvalue weighted by Crippen LogP contribution is 2.23. The van der Waals surface area contributed by atoms with E-state index in [0.29, 0.717) is 5.92 Å². The number of rotatable bonds is 8. The molecule has 2 aromatic rings. The van der Waals surface area contributed by atoms with Crippen molar-refractivity contribution in [3.8, 4) is 0 Å². The number of hydrogen-bond donors (Lipinski definition) is 2. The van der Waals surface area contributed by atoms with Crippen molar-refractivity contribution in [2.24, 2.45) is 5.92 Å². The van der Waals surface area contributed by atoms with Gasteiger partial charge in [-0.15, -0.1) is 0 Å². The van der Waals surface area contributed by atoms with Crippen LogP contribution < -0.4 is 10.6 Å². The summed E-state index contributed by atoms with van der Waals surface area (Å²) in [5.41, 5.74) is 2.58. The number of nitrogens with one attached hydrogen (secondary N) is 1. The Morgan fingerprint density at radius 3 is 2.38 bits per heavy atom. The fourth-order valence-electron chi connectivity index (χ4n) is 2.94. The Hall–Kier alpha value is -2.73. The number of carbonyl (C=O) groups excluding carboxylic acids is 1. The predicted molar refractivity (Wildman–Crippen MR) is 102 cm³/mol. The summed E-state index contributed by atoms with van der Waals surface area (Å²) < 4.78 is 0. The van der Waals surface area contributed by atoms with Gasteiger partial charge in [0.1, 0.15) is 11.7 Å². The molecule has 2 aromatic carbocycles. The molecule has 0 aromatic heterocycles. The zero-order chi connectivity index (χ0) is 19.1. The molecule has 0 radical (unpaired) electrons. The second-order valence-corrected chi connectivity index (χ2v) is 6.63. The summed E-state index contributed by atoms with van der Waals surface area (Å²) >= 11 is 0. The maximum Gasteiger partial charge on any atom is 0.292 e. The highest BCUT2D eigenvalue weighted by atomic mass is 16.6. The Labute approximate surface area is 153 Å². The first kappa shape index (κ1) is 19.6. The predicted octanol–water partition coefficient (Wildman–Crippen LogP) is 3.06. The van der Waals surface area contributed by atoms with Gasteiger partial charge in [0.15, 0.2) is 6.54 Å². The molecular weight excluding hydrogens is 330 g/mol. The molecule has 26 heavy (non-hydrogen) atoms. The largest absolute Gasteiger partial charge is 0.332 e. The second-order valence-electron chi connectivity index (χ2n) is 6.63. The van der Waals surface area contributed by atoms with Gasteiger partial charge in [-0.1, -0.05) is 57.2 Å². The maximum atomic E-state index is 12.3. The maximum absolute atomic E-state index is 12.3. The number of amides is 1. The Morgan fingerprint density at radius 2 is 1.81 bits per heavy atom. The minimum Gasteiger partial charge on any atom is -0.332 e. The zero-order valence-corrected chi connectivity index (χ0v) is 15.4. The van der Waals surface area contributed by atoms with Crippen LogP contribution in [0.1, 0.15) is 37.9 Å². The van der Waals surface area contributed by atoms with E-state index in [-0.39, 0.29) is 29.9 Å². The van der Waals surface area contributed by atoms with Crippen LogP contribution in [0.3, 0.4) is 0 Å². The number of nitro groups is 1. The molecule has 0 saturated heterocycles. The molecule has 2 rings (SSSR count). The van der Waals surface area contributed by atoms with E-state index in [2.05, 4.69) is 50.4 Å². The number of aryl methyl sites for hydroxylation is 1. The van der Waals surface area contributed by atoms with Gasteiger partial charge in [-0.2, -0.15) is 0 Å². The Balaban J connectivity index is 2.02. The van der Waals surface area contributed by atoms with Gasteiger partial charge in [0.05, 0.1) is 4.92 Å². The van der Waals surface area contributed by atoms with Gasteiger partial charge in [-0.3, -0.25) is 14.9 Å². The number of quaternary nitrogens is 1. The zero-order valence-electron chi connectivity index (χ0n) is 15.4. The average Bonchev–Trinajstić information content (AvgIpc) is 2.62. The van der Waals surface area contributed by atoms with Gasteiger partial charge in [0, 0.05) is 17.5 Å². The van der Waals surface area contributed by atoms with E-state index >= 15 is 0 Å². The molecule has 6 heteroatoms. The standard InChI is InChI=1S/C20H25N3O3/c1-4-15-9-11-16(12-10-15)20(14(2)3)21-13-19(24)22-17-7-5-6-8-18(17)23(25)26/h5-12,14,20-21H,4,13H2,1-3H3,(H,22,24)/p+1/t20-/m0/s1. The van der Waals surface area contributed by atoms with E-state index in [4.69, 9.17) is 0 Å². The lowest BCUT2D eigenvalue weighted by molar-refractivity contribution is -0.692. The van der Waals surface area contributed by atoms with Crippen LogP contribution in [0, 0.1) is 16.0 Å². The van der Waals surface area contributed by atoms with Crippen LogP contribution in [-0.2, 0) is 11.2 Å². The van der Waals surface area contributed by atoms with Crippen molar-refractivity contribution in [2.45, 2.75) is 33.2 Å². The molecule has 3 N–H and O–H groups in total. The highest BCUT2D eigenvalue weighted by Gasteiger charge is 2.21. The van der Waals surface area contributed by atoms with Crippen molar-refractivity contribution < 1.29 is 15.0 Å². The van der Waals surface area contributed by atoms with Crippen LogP contribution in [0.5, 0.6) is 0 Å². The molecule has 0 aliphatic carbocycles. The van der Waals surface area contributed by atoms with E-state index in [0.717, 1.165) is 6.42 Å². The van der Waals surface area contributed by atoms with Gasteiger partial charge >= 0.3 is 0 Å². The number of anilines is 1. The summed E-state index contributed by atoms with van der Waals surface area (Å²) in [6, 6.07) is 14.8. The summed E-state index contributed by atoms with van der Waals surface area (Å²) in [6.45, 7) is 6.56. The number of carbonyl (C=O) groups is 1. The first-order chi connectivity index (χ1) is 12.4. The minimum absolute atomic E-state index is 0.101. The van der Waals surface area contributed by atoms with E-state index < -0.39 is 4.92 Å². The molecule has 138 valence electrons. The van der Waals surface area contributed by atoms with Crippen molar-refractivity contribution in [3.63, 3.8) is 0 Å². The lowest BCUT2D eigenvalue weighted by atomic mass is 9.95. The molecule has 0 heterocycles. The van der Waals surface area contributed by atoms with Crippen LogP contribution in [0.2, 0.25) is 0 Å². The molecule has 0 unspecified atom stereocenters. The summed E-state index contributed by atoms with van der Waals surface area (Å²) in [5, 5.41) is 15.7. The lowest BCUT2D eigenvalue weighted by Gasteiger charge is -2.19. The summed E-state index contributed by atoms with van der Waals surface area (Å²) in [7, 11) is 0. The number of para-hydroxylation sites is 2. The van der Waals surface area contributed by atoms with E-state index in [1.165, 1.54) is 17.2 Å². The van der Waals surface area contributed by atoms with Crippen molar-refractivity contribution in [3.05, 3.63) is 69.8 Å². The van der Waals surface area contributed by atoms with Crippen molar-refractivity contribution in [1.82, 2.24) is 0 Å². The fraction of sp³-hybridized carbons (Fsp3) is 0.350. The van der Waals surface area contributed by atoms with Crippen LogP contribution >= 0.6 is 0 Å². The lowest BCUT2D eigenvalue weighted by Crippen LogP contribution is -2.88. The van der Waals surface area contributed by atoms with Gasteiger partial charge in [-0.05, 0) is 18.1 Å². The van der Waals surface area contributed by atoms with Gasteiger partial charge in [-0.25, -0.2) is 0 Å². The Bertz CT molecular complexity index is 757. The van der Waals surface area contributed by atoms with Crippen LogP contribution in [-0.4, -0.2) is 17.4 Å². The Morgan fingerprint density at radius 1 is 1.15 bits per heavy atom. The Kier molecular flexibility index (Phi) is 6.86. The third kappa shape index (κ3) is 5.13. The SMILES string of the molecule is CCc1ccc([C@@H]([NH2+]CC(=O)Nc2ccccc2[N+](=O)[O-])C(C)C)cc1. The molecule has 0 aliphatic heterocycles. The van der Waals surface area contributed by atoms with Crippen LogP contribution in [0.25, 0.3) is 0 Å². The van der Waals surface area contributed by atoms with Gasteiger partial charge in [0.25, 0.3) is 11.6 Å². The smallest absolute Gasteiger partial charge is 0.292 e. The van der Waals surface area contributed by atoms with Gasteiger partial charge in [0.2, 0.25) is 0 Å². The van der Waals surface area contributed by atoms with Crippen molar-refractivity contribution in [1.29, 1.82) is 0 Å². The number of hydrogen-bond acceptors (Lipinski definition) is 3. The normalized spacial score (nSPS) is 12.0. The molecule has 0 saturated carbocycles. The molecule has 1 atom stereocenters. The minimum atomic E-state index is -0.495. The van der Waals surface area contributed by atoms with Crippen molar-refractivity contribution >= 4 is 17.3 Å². The van der Waals surface area contributed by atoms with E-state index in [1.54, 1.807) is 18.2 Å². The van der Waals surface area contributed by atoms with Crippen LogP contribution in [0.4, 0.5) is 11.4 Å². The van der Waals surface area contributed by atoms with E-state index in [9.17, 15) is 14.9 Å².